The molecule has 0 atom stereocenters. The molecule has 0 amide bonds. The maximum atomic E-state index is 13.1. The largest absolute Gasteiger partial charge is 0.497 e. The van der Waals surface area contributed by atoms with Crippen molar-refractivity contribution in [1.82, 2.24) is 0 Å². The van der Waals surface area contributed by atoms with E-state index in [0.717, 1.165) is 12.3 Å². The summed E-state index contributed by atoms with van der Waals surface area (Å²) in [5.41, 5.74) is -0.119. The Bertz CT molecular complexity index is 430. The molecule has 4 nitrogen and oxygen atoms in total. The summed E-state index contributed by atoms with van der Waals surface area (Å²) in [7, 11) is -2.06. The monoisotopic (exact) mass is 219 g/mol. The van der Waals surface area contributed by atoms with Gasteiger partial charge in [0.15, 0.2) is 0 Å². The van der Waals surface area contributed by atoms with Crippen molar-refractivity contribution in [3.05, 3.63) is 24.0 Å². The van der Waals surface area contributed by atoms with E-state index in [4.69, 9.17) is 4.74 Å². The van der Waals surface area contributed by atoms with Gasteiger partial charge in [-0.1, -0.05) is 0 Å². The van der Waals surface area contributed by atoms with Crippen LogP contribution in [0.3, 0.4) is 0 Å². The standard InChI is InChI=1S/C8H10FNO3S/c1-13-6-3-4-7(9)8(5-6)10-14(2,11)12/h3-5,10H,1-2H3. The van der Waals surface area contributed by atoms with Crippen LogP contribution in [-0.4, -0.2) is 21.8 Å². The van der Waals surface area contributed by atoms with Crippen LogP contribution in [0.2, 0.25) is 0 Å². The van der Waals surface area contributed by atoms with Crippen LogP contribution in [0, 0.1) is 5.82 Å². The van der Waals surface area contributed by atoms with E-state index < -0.39 is 15.8 Å². The van der Waals surface area contributed by atoms with E-state index in [1.54, 1.807) is 0 Å². The molecule has 1 N–H and O–H groups in total. The molecule has 0 bridgehead atoms. The minimum Gasteiger partial charge on any atom is -0.497 e. The summed E-state index contributed by atoms with van der Waals surface area (Å²) >= 11 is 0. The first-order valence-corrected chi connectivity index (χ1v) is 5.63. The fourth-order valence-corrected chi connectivity index (χ4v) is 1.47. The quantitative estimate of drug-likeness (QED) is 0.831. The molecule has 14 heavy (non-hydrogen) atoms. The molecule has 1 rings (SSSR count). The van der Waals surface area contributed by atoms with Gasteiger partial charge in [-0.2, -0.15) is 0 Å². The van der Waals surface area contributed by atoms with Crippen LogP contribution >= 0.6 is 0 Å². The minimum atomic E-state index is -3.47. The van der Waals surface area contributed by atoms with Gasteiger partial charge in [-0.05, 0) is 12.1 Å². The highest BCUT2D eigenvalue weighted by Crippen LogP contribution is 2.21. The van der Waals surface area contributed by atoms with Crippen molar-refractivity contribution in [2.24, 2.45) is 0 Å². The molecule has 0 radical (unpaired) electrons. The van der Waals surface area contributed by atoms with Crippen LogP contribution in [0.4, 0.5) is 10.1 Å². The number of benzene rings is 1. The maximum absolute atomic E-state index is 13.1. The SMILES string of the molecule is COc1ccc(F)c(NS(C)(=O)=O)c1. The van der Waals surface area contributed by atoms with Crippen molar-refractivity contribution >= 4 is 15.7 Å². The van der Waals surface area contributed by atoms with Gasteiger partial charge in [0.1, 0.15) is 11.6 Å². The van der Waals surface area contributed by atoms with Crippen LogP contribution in [0.5, 0.6) is 5.75 Å². The Morgan fingerprint density at radius 1 is 1.43 bits per heavy atom. The first kappa shape index (κ1) is 10.8. The Morgan fingerprint density at radius 3 is 2.57 bits per heavy atom. The van der Waals surface area contributed by atoms with E-state index in [-0.39, 0.29) is 5.69 Å². The zero-order valence-electron chi connectivity index (χ0n) is 7.74. The van der Waals surface area contributed by atoms with Gasteiger partial charge in [0.2, 0.25) is 10.0 Å². The lowest BCUT2D eigenvalue weighted by molar-refractivity contribution is 0.414. The molecule has 0 unspecified atom stereocenters. The van der Waals surface area contributed by atoms with Gasteiger partial charge < -0.3 is 4.74 Å². The van der Waals surface area contributed by atoms with E-state index in [1.807, 2.05) is 4.72 Å². The van der Waals surface area contributed by atoms with Crippen LogP contribution in [-0.2, 0) is 10.0 Å². The van der Waals surface area contributed by atoms with E-state index in [0.29, 0.717) is 5.75 Å². The summed E-state index contributed by atoms with van der Waals surface area (Å²) < 4.78 is 41.6. The van der Waals surface area contributed by atoms with Gasteiger partial charge >= 0.3 is 0 Å². The zero-order chi connectivity index (χ0) is 10.8. The van der Waals surface area contributed by atoms with Crippen molar-refractivity contribution in [2.45, 2.75) is 0 Å². The fourth-order valence-electron chi connectivity index (χ4n) is 0.909. The van der Waals surface area contributed by atoms with Crippen LogP contribution in [0.15, 0.2) is 18.2 Å². The van der Waals surface area contributed by atoms with E-state index >= 15 is 0 Å². The van der Waals surface area contributed by atoms with Gasteiger partial charge in [-0.25, -0.2) is 12.8 Å². The molecule has 78 valence electrons. The number of anilines is 1. The van der Waals surface area contributed by atoms with E-state index in [1.165, 1.54) is 19.2 Å². The first-order valence-electron chi connectivity index (χ1n) is 3.74. The third-order valence-corrected chi connectivity index (χ3v) is 2.06. The van der Waals surface area contributed by atoms with Crippen LogP contribution in [0.1, 0.15) is 0 Å². The molecule has 0 aliphatic heterocycles. The van der Waals surface area contributed by atoms with Gasteiger partial charge in [0.05, 0.1) is 19.1 Å². The van der Waals surface area contributed by atoms with Gasteiger partial charge in [-0.15, -0.1) is 0 Å². The molecule has 1 aromatic carbocycles. The topological polar surface area (TPSA) is 55.4 Å². The maximum Gasteiger partial charge on any atom is 0.229 e. The highest BCUT2D eigenvalue weighted by Gasteiger charge is 2.08. The Labute approximate surface area is 81.8 Å². The second kappa shape index (κ2) is 3.83. The van der Waals surface area contributed by atoms with Crippen molar-refractivity contribution < 1.29 is 17.5 Å². The van der Waals surface area contributed by atoms with E-state index in [9.17, 15) is 12.8 Å². The third kappa shape index (κ3) is 2.88. The molecule has 0 aromatic heterocycles. The number of nitrogens with one attached hydrogen (secondary N) is 1. The Kier molecular flexibility index (Phi) is 2.95. The van der Waals surface area contributed by atoms with Gasteiger partial charge in [0.25, 0.3) is 0 Å². The number of hydrogen-bond acceptors (Lipinski definition) is 3. The van der Waals surface area contributed by atoms with Crippen LogP contribution < -0.4 is 9.46 Å². The summed E-state index contributed by atoms with van der Waals surface area (Å²) in [4.78, 5) is 0. The lowest BCUT2D eigenvalue weighted by Gasteiger charge is -2.06. The van der Waals surface area contributed by atoms with Gasteiger partial charge in [-0.3, -0.25) is 4.72 Å². The smallest absolute Gasteiger partial charge is 0.229 e. The summed E-state index contributed by atoms with van der Waals surface area (Å²) in [6, 6.07) is 3.81. The number of sulfonamides is 1. The van der Waals surface area contributed by atoms with Gasteiger partial charge in [0, 0.05) is 6.07 Å². The summed E-state index contributed by atoms with van der Waals surface area (Å²) in [5.74, 6) is -0.256. The molecule has 0 aliphatic rings. The van der Waals surface area contributed by atoms with Crippen molar-refractivity contribution in [3.63, 3.8) is 0 Å². The van der Waals surface area contributed by atoms with Crippen molar-refractivity contribution in [3.8, 4) is 5.75 Å². The lowest BCUT2D eigenvalue weighted by Crippen LogP contribution is -2.10. The molecule has 0 heterocycles. The number of halogens is 1. The zero-order valence-corrected chi connectivity index (χ0v) is 8.56. The average Bonchev–Trinajstić information content (AvgIpc) is 2.06. The molecule has 0 spiro atoms. The van der Waals surface area contributed by atoms with Crippen molar-refractivity contribution in [1.29, 1.82) is 0 Å². The predicted octanol–water partition coefficient (Wildman–Crippen LogP) is 1.21. The summed E-state index contributed by atoms with van der Waals surface area (Å²) in [6.45, 7) is 0. The molecular formula is C8H10FNO3S. The second-order valence-corrected chi connectivity index (χ2v) is 4.47. The molecule has 0 fully saturated rings. The number of methoxy groups -OCH3 is 1. The van der Waals surface area contributed by atoms with Crippen LogP contribution in [0.25, 0.3) is 0 Å². The highest BCUT2D eigenvalue weighted by molar-refractivity contribution is 7.92. The Hall–Kier alpha value is -1.30. The van der Waals surface area contributed by atoms with E-state index in [2.05, 4.69) is 0 Å². The predicted molar refractivity (Wildman–Crippen MR) is 51.4 cm³/mol. The first-order chi connectivity index (χ1) is 6.42. The average molecular weight is 219 g/mol. The molecule has 0 aliphatic carbocycles. The number of rotatable bonds is 3. The molecule has 1 aromatic rings. The highest BCUT2D eigenvalue weighted by atomic mass is 32.2. The Morgan fingerprint density at radius 2 is 2.07 bits per heavy atom. The van der Waals surface area contributed by atoms with Crippen molar-refractivity contribution in [2.75, 3.05) is 18.1 Å². The summed E-state index contributed by atoms with van der Waals surface area (Å²) in [6.07, 6.45) is 0.950. The molecule has 6 heteroatoms. The molecule has 0 saturated carbocycles. The lowest BCUT2D eigenvalue weighted by atomic mass is 10.3. The normalized spacial score (nSPS) is 11.1. The Balaban J connectivity index is 3.07. The minimum absolute atomic E-state index is 0.119. The second-order valence-electron chi connectivity index (χ2n) is 2.72. The third-order valence-electron chi connectivity index (χ3n) is 1.47. The molecule has 0 saturated heterocycles. The fraction of sp³-hybridized carbons (Fsp3) is 0.250. The molecular weight excluding hydrogens is 209 g/mol. The number of hydrogen-bond donors (Lipinski definition) is 1. The number of ether oxygens (including phenoxy) is 1. The summed E-state index contributed by atoms with van der Waals surface area (Å²) in [5, 5.41) is 0.